The van der Waals surface area contributed by atoms with Crippen LogP contribution in [-0.2, 0) is 20.3 Å². The average molecular weight is 469 g/mol. The van der Waals surface area contributed by atoms with Crippen LogP contribution in [0.1, 0.15) is 32.3 Å². The van der Waals surface area contributed by atoms with Crippen molar-refractivity contribution in [2.45, 2.75) is 20.2 Å². The summed E-state index contributed by atoms with van der Waals surface area (Å²) in [5, 5.41) is 14.4. The number of nitrogens with zero attached hydrogens (tertiary/aromatic N) is 4. The van der Waals surface area contributed by atoms with E-state index in [4.69, 9.17) is 20.8 Å². The Balaban J connectivity index is 1.38. The lowest BCUT2D eigenvalue weighted by Crippen LogP contribution is -2.25. The molecule has 0 radical (unpaired) electrons. The molecule has 0 saturated carbocycles. The van der Waals surface area contributed by atoms with Gasteiger partial charge in [0.15, 0.2) is 18.1 Å². The van der Waals surface area contributed by atoms with Gasteiger partial charge in [0.05, 0.1) is 18.5 Å². The summed E-state index contributed by atoms with van der Waals surface area (Å²) in [6.45, 7) is 2.20. The van der Waals surface area contributed by atoms with Crippen molar-refractivity contribution < 1.29 is 18.7 Å². The number of halogens is 1. The number of aromatic nitrogens is 4. The number of benzene rings is 1. The Morgan fingerprint density at radius 2 is 2.03 bits per heavy atom. The highest BCUT2D eigenvalue weighted by molar-refractivity contribution is 6.31. The summed E-state index contributed by atoms with van der Waals surface area (Å²) in [5.41, 5.74) is 1.41. The minimum atomic E-state index is -0.482. The molecule has 11 heteroatoms. The van der Waals surface area contributed by atoms with Crippen LogP contribution in [0.25, 0.3) is 0 Å². The predicted molar refractivity (Wildman–Crippen MR) is 120 cm³/mol. The third-order valence-corrected chi connectivity index (χ3v) is 5.09. The molecule has 0 bridgehead atoms. The van der Waals surface area contributed by atoms with E-state index in [-0.39, 0.29) is 30.4 Å². The molecule has 4 aromatic rings. The molecule has 3 aromatic heterocycles. The van der Waals surface area contributed by atoms with Crippen molar-refractivity contribution in [3.8, 4) is 5.75 Å². The van der Waals surface area contributed by atoms with E-state index < -0.39 is 11.8 Å². The Morgan fingerprint density at radius 3 is 2.79 bits per heavy atom. The van der Waals surface area contributed by atoms with Gasteiger partial charge < -0.3 is 19.8 Å². The van der Waals surface area contributed by atoms with E-state index in [0.29, 0.717) is 16.5 Å². The monoisotopic (exact) mass is 468 g/mol. The summed E-state index contributed by atoms with van der Waals surface area (Å²) in [6, 6.07) is 10.4. The van der Waals surface area contributed by atoms with Gasteiger partial charge in [-0.15, -0.1) is 0 Å². The maximum Gasteiger partial charge on any atom is 0.276 e. The Hall–Kier alpha value is -4.05. The van der Waals surface area contributed by atoms with Crippen molar-refractivity contribution in [1.82, 2.24) is 24.9 Å². The molecule has 0 aliphatic heterocycles. The normalized spacial score (nSPS) is 10.8. The minimum Gasteiger partial charge on any atom is -0.471 e. The van der Waals surface area contributed by atoms with Gasteiger partial charge in [-0.05, 0) is 48.9 Å². The number of carbonyl (C=O) groups is 2. The Kier molecular flexibility index (Phi) is 6.45. The first-order valence-corrected chi connectivity index (χ1v) is 10.3. The molecule has 33 heavy (non-hydrogen) atoms. The van der Waals surface area contributed by atoms with Gasteiger partial charge in [0.1, 0.15) is 11.5 Å². The highest BCUT2D eigenvalue weighted by atomic mass is 35.5. The number of aryl methyl sites for hydroxylation is 2. The smallest absolute Gasteiger partial charge is 0.276 e. The highest BCUT2D eigenvalue weighted by Crippen LogP contribution is 2.21. The molecule has 0 fully saturated rings. The number of carbonyl (C=O) groups excluding carboxylic acids is 2. The number of amides is 2. The van der Waals surface area contributed by atoms with Crippen molar-refractivity contribution >= 4 is 29.1 Å². The van der Waals surface area contributed by atoms with Crippen LogP contribution in [0.4, 0.5) is 5.69 Å². The van der Waals surface area contributed by atoms with Gasteiger partial charge in [-0.3, -0.25) is 14.3 Å². The maximum absolute atomic E-state index is 12.7. The second-order valence-electron chi connectivity index (χ2n) is 7.21. The fourth-order valence-electron chi connectivity index (χ4n) is 3.00. The second-order valence-corrected chi connectivity index (χ2v) is 7.61. The van der Waals surface area contributed by atoms with Crippen molar-refractivity contribution in [2.24, 2.45) is 7.05 Å². The Bertz CT molecular complexity index is 1280. The molecule has 0 spiro atoms. The van der Waals surface area contributed by atoms with Crippen LogP contribution < -0.4 is 15.4 Å². The highest BCUT2D eigenvalue weighted by Gasteiger charge is 2.20. The molecule has 1 aromatic carbocycles. The number of hydrogen-bond acceptors (Lipinski definition) is 6. The van der Waals surface area contributed by atoms with Crippen LogP contribution in [-0.4, -0.2) is 31.4 Å². The minimum absolute atomic E-state index is 0.0817. The zero-order chi connectivity index (χ0) is 23.4. The maximum atomic E-state index is 12.7. The van der Waals surface area contributed by atoms with E-state index in [2.05, 4.69) is 20.8 Å². The van der Waals surface area contributed by atoms with Crippen molar-refractivity contribution in [3.63, 3.8) is 0 Å². The van der Waals surface area contributed by atoms with Gasteiger partial charge in [0.25, 0.3) is 11.8 Å². The lowest BCUT2D eigenvalue weighted by molar-refractivity contribution is 0.0943. The first-order valence-electron chi connectivity index (χ1n) is 9.97. The molecular formula is C22H21ClN6O4. The third kappa shape index (κ3) is 5.42. The largest absolute Gasteiger partial charge is 0.471 e. The first kappa shape index (κ1) is 22.2. The summed E-state index contributed by atoms with van der Waals surface area (Å²) in [6.07, 6.45) is 4.69. The molecule has 2 N–H and O–H groups in total. The van der Waals surface area contributed by atoms with Crippen molar-refractivity contribution in [2.75, 3.05) is 5.32 Å². The molecule has 10 nitrogen and oxygen atoms in total. The van der Waals surface area contributed by atoms with Crippen LogP contribution in [0.2, 0.25) is 5.02 Å². The zero-order valence-corrected chi connectivity index (χ0v) is 18.7. The summed E-state index contributed by atoms with van der Waals surface area (Å²) in [4.78, 5) is 25.2. The average Bonchev–Trinajstić information content (AvgIpc) is 3.54. The standard InChI is InChI=1S/C22H21ClN6O4/c1-14-10-15(5-6-17(14)23)33-13-29-8-7-18(26-29)21(30)25-19-12-28(2)27-20(19)22(31)24-11-16-4-3-9-32-16/h3-10,12H,11,13H2,1-2H3,(H,24,31)(H,25,30). The van der Waals surface area contributed by atoms with Gasteiger partial charge in [0, 0.05) is 24.5 Å². The molecule has 0 saturated heterocycles. The van der Waals surface area contributed by atoms with Crippen molar-refractivity contribution in [1.29, 1.82) is 0 Å². The van der Waals surface area contributed by atoms with Crippen LogP contribution in [0.5, 0.6) is 5.75 Å². The molecule has 3 heterocycles. The molecule has 4 rings (SSSR count). The number of rotatable bonds is 8. The quantitative estimate of drug-likeness (QED) is 0.409. The summed E-state index contributed by atoms with van der Waals surface area (Å²) >= 11 is 6.02. The number of nitrogens with one attached hydrogen (secondary N) is 2. The topological polar surface area (TPSA) is 116 Å². The number of furan rings is 1. The van der Waals surface area contributed by atoms with E-state index >= 15 is 0 Å². The lowest BCUT2D eigenvalue weighted by Gasteiger charge is -2.07. The molecule has 2 amide bonds. The van der Waals surface area contributed by atoms with Gasteiger partial charge >= 0.3 is 0 Å². The van der Waals surface area contributed by atoms with Gasteiger partial charge in [-0.2, -0.15) is 10.2 Å². The SMILES string of the molecule is Cc1cc(OCn2ccc(C(=O)Nc3cn(C)nc3C(=O)NCc3ccco3)n2)ccc1Cl. The zero-order valence-electron chi connectivity index (χ0n) is 17.9. The predicted octanol–water partition coefficient (Wildman–Crippen LogP) is 3.39. The molecule has 0 aliphatic carbocycles. The van der Waals surface area contributed by atoms with E-state index in [1.165, 1.54) is 15.6 Å². The van der Waals surface area contributed by atoms with E-state index in [1.54, 1.807) is 49.8 Å². The van der Waals surface area contributed by atoms with Gasteiger partial charge in [-0.25, -0.2) is 4.68 Å². The fraction of sp³-hybridized carbons (Fsp3) is 0.182. The Labute approximate surface area is 194 Å². The van der Waals surface area contributed by atoms with Crippen LogP contribution in [0, 0.1) is 6.92 Å². The van der Waals surface area contributed by atoms with Gasteiger partial charge in [-0.1, -0.05) is 11.6 Å². The summed E-state index contributed by atoms with van der Waals surface area (Å²) in [7, 11) is 1.66. The van der Waals surface area contributed by atoms with Crippen LogP contribution in [0.15, 0.2) is 59.5 Å². The molecule has 0 unspecified atom stereocenters. The number of ether oxygens (including phenoxy) is 1. The van der Waals surface area contributed by atoms with E-state index in [0.717, 1.165) is 5.56 Å². The molecule has 170 valence electrons. The van der Waals surface area contributed by atoms with Crippen molar-refractivity contribution in [3.05, 3.63) is 82.8 Å². The fourth-order valence-corrected chi connectivity index (χ4v) is 3.12. The Morgan fingerprint density at radius 1 is 1.18 bits per heavy atom. The number of hydrogen-bond donors (Lipinski definition) is 2. The summed E-state index contributed by atoms with van der Waals surface area (Å²) < 4.78 is 13.8. The third-order valence-electron chi connectivity index (χ3n) is 4.66. The van der Waals surface area contributed by atoms with Gasteiger partial charge in [0.2, 0.25) is 0 Å². The molecular weight excluding hydrogens is 448 g/mol. The van der Waals surface area contributed by atoms with E-state index in [1.807, 2.05) is 13.0 Å². The van der Waals surface area contributed by atoms with Crippen LogP contribution >= 0.6 is 11.6 Å². The number of anilines is 1. The van der Waals surface area contributed by atoms with Crippen LogP contribution in [0.3, 0.4) is 0 Å². The second kappa shape index (κ2) is 9.61. The molecule has 0 aliphatic rings. The molecule has 0 atom stereocenters. The lowest BCUT2D eigenvalue weighted by atomic mass is 10.2. The van der Waals surface area contributed by atoms with E-state index in [9.17, 15) is 9.59 Å². The first-order chi connectivity index (χ1) is 15.9. The summed E-state index contributed by atoms with van der Waals surface area (Å²) in [5.74, 6) is 0.314.